The number of aromatic nitrogens is 2. The van der Waals surface area contributed by atoms with Crippen molar-refractivity contribution in [2.24, 2.45) is 11.7 Å². The van der Waals surface area contributed by atoms with Crippen LogP contribution in [0.5, 0.6) is 5.75 Å². The molecule has 1 saturated heterocycles. The van der Waals surface area contributed by atoms with Gasteiger partial charge in [-0.05, 0) is 12.1 Å². The smallest absolute Gasteiger partial charge is 0.256 e. The molecule has 2 aliphatic heterocycles. The fraction of sp³-hybridized carbons (Fsp3) is 0.421. The minimum absolute atomic E-state index is 0.0207. The number of ether oxygens (including phenoxy) is 2. The zero-order valence-electron chi connectivity index (χ0n) is 16.0. The number of primary amides is 1. The SMILES string of the molecule is NC(=O)CNc1ccc2c(c1)OCCn1cc(N(CC(F)F)C(=O)C3COC3)nc1-2. The summed E-state index contributed by atoms with van der Waals surface area (Å²) < 4.78 is 38.9. The quantitative estimate of drug-likeness (QED) is 0.692. The van der Waals surface area contributed by atoms with Crippen LogP contribution in [-0.4, -0.2) is 60.7 Å². The number of anilines is 2. The number of nitrogens with two attached hydrogens (primary N) is 1. The summed E-state index contributed by atoms with van der Waals surface area (Å²) in [7, 11) is 0. The van der Waals surface area contributed by atoms with Gasteiger partial charge in [0.05, 0.1) is 44.3 Å². The molecule has 0 atom stereocenters. The Labute approximate surface area is 170 Å². The van der Waals surface area contributed by atoms with Gasteiger partial charge in [-0.1, -0.05) is 0 Å². The van der Waals surface area contributed by atoms with Crippen molar-refractivity contribution in [2.75, 3.05) is 43.1 Å². The van der Waals surface area contributed by atoms with Gasteiger partial charge in [-0.3, -0.25) is 14.5 Å². The van der Waals surface area contributed by atoms with Crippen LogP contribution in [0.25, 0.3) is 11.4 Å². The molecule has 4 rings (SSSR count). The highest BCUT2D eigenvalue weighted by molar-refractivity contribution is 5.95. The Bertz CT molecular complexity index is 960. The van der Waals surface area contributed by atoms with Crippen LogP contribution in [0.1, 0.15) is 0 Å². The number of fused-ring (bicyclic) bond motifs is 3. The van der Waals surface area contributed by atoms with E-state index in [0.29, 0.717) is 36.0 Å². The number of nitrogens with one attached hydrogen (secondary N) is 1. The van der Waals surface area contributed by atoms with Crippen LogP contribution in [0, 0.1) is 5.92 Å². The molecule has 1 aromatic carbocycles. The molecule has 0 bridgehead atoms. The Morgan fingerprint density at radius 1 is 1.37 bits per heavy atom. The highest BCUT2D eigenvalue weighted by Crippen LogP contribution is 2.36. The molecule has 30 heavy (non-hydrogen) atoms. The van der Waals surface area contributed by atoms with Crippen LogP contribution in [0.4, 0.5) is 20.3 Å². The molecule has 3 N–H and O–H groups in total. The number of hydrogen-bond acceptors (Lipinski definition) is 6. The maximum atomic E-state index is 13.2. The molecule has 0 spiro atoms. The summed E-state index contributed by atoms with van der Waals surface area (Å²) in [6.07, 6.45) is -1.10. The van der Waals surface area contributed by atoms with Gasteiger partial charge in [0.25, 0.3) is 6.43 Å². The van der Waals surface area contributed by atoms with Gasteiger partial charge >= 0.3 is 0 Å². The molecule has 0 radical (unpaired) electrons. The van der Waals surface area contributed by atoms with Crippen LogP contribution >= 0.6 is 0 Å². The number of carbonyl (C=O) groups excluding carboxylic acids is 2. The zero-order chi connectivity index (χ0) is 21.3. The minimum Gasteiger partial charge on any atom is -0.491 e. The topological polar surface area (TPSA) is 112 Å². The van der Waals surface area contributed by atoms with Gasteiger partial charge in [0.2, 0.25) is 11.8 Å². The fourth-order valence-corrected chi connectivity index (χ4v) is 3.33. The highest BCUT2D eigenvalue weighted by Gasteiger charge is 2.34. The van der Waals surface area contributed by atoms with E-state index in [2.05, 4.69) is 10.3 Å². The largest absolute Gasteiger partial charge is 0.491 e. The predicted molar refractivity (Wildman–Crippen MR) is 104 cm³/mol. The first kappa shape index (κ1) is 20.1. The van der Waals surface area contributed by atoms with Crippen LogP contribution in [0.2, 0.25) is 0 Å². The number of imidazole rings is 1. The third-order valence-electron chi connectivity index (χ3n) is 4.89. The first-order valence-electron chi connectivity index (χ1n) is 9.46. The minimum atomic E-state index is -2.69. The number of alkyl halides is 2. The van der Waals surface area contributed by atoms with Crippen molar-refractivity contribution in [2.45, 2.75) is 13.0 Å². The zero-order valence-corrected chi connectivity index (χ0v) is 16.0. The molecule has 3 heterocycles. The Balaban J connectivity index is 1.65. The maximum absolute atomic E-state index is 13.2. The second kappa shape index (κ2) is 8.27. The number of carbonyl (C=O) groups is 2. The average Bonchev–Trinajstić information content (AvgIpc) is 2.99. The molecule has 160 valence electrons. The first-order chi connectivity index (χ1) is 14.4. The lowest BCUT2D eigenvalue weighted by atomic mass is 10.1. The third-order valence-corrected chi connectivity index (χ3v) is 4.89. The Morgan fingerprint density at radius 2 is 2.17 bits per heavy atom. The Kier molecular flexibility index (Phi) is 5.53. The second-order valence-electron chi connectivity index (χ2n) is 7.07. The van der Waals surface area contributed by atoms with E-state index in [4.69, 9.17) is 15.2 Å². The molecule has 9 nitrogen and oxygen atoms in total. The van der Waals surface area contributed by atoms with Crippen molar-refractivity contribution in [1.29, 1.82) is 0 Å². The average molecular weight is 421 g/mol. The van der Waals surface area contributed by atoms with Crippen LogP contribution in [0.3, 0.4) is 0 Å². The summed E-state index contributed by atoms with van der Waals surface area (Å²) in [4.78, 5) is 29.1. The van der Waals surface area contributed by atoms with Crippen LogP contribution < -0.4 is 20.7 Å². The Morgan fingerprint density at radius 3 is 2.83 bits per heavy atom. The molecular formula is C19H21F2N5O4. The van der Waals surface area contributed by atoms with Crippen molar-refractivity contribution in [3.05, 3.63) is 24.4 Å². The molecule has 0 aliphatic carbocycles. The molecule has 0 unspecified atom stereocenters. The molecule has 2 amide bonds. The summed E-state index contributed by atoms with van der Waals surface area (Å²) in [6, 6.07) is 5.21. The standard InChI is InChI=1S/C19H21F2N5O4/c20-15(21)7-26(19(28)11-9-29-10-11)17-8-25-3-4-30-14-5-12(23-6-16(22)27)1-2-13(14)18(25)24-17/h1-2,5,8,11,15,23H,3-4,6-7,9-10H2,(H2,22,27). The summed E-state index contributed by atoms with van der Waals surface area (Å²) >= 11 is 0. The van der Waals surface area contributed by atoms with Gasteiger partial charge < -0.3 is 25.1 Å². The molecule has 1 fully saturated rings. The summed E-state index contributed by atoms with van der Waals surface area (Å²) in [5, 5.41) is 2.89. The number of halogens is 2. The summed E-state index contributed by atoms with van der Waals surface area (Å²) in [6.45, 7) is 0.463. The van der Waals surface area contributed by atoms with Crippen molar-refractivity contribution in [3.8, 4) is 17.1 Å². The molecule has 11 heteroatoms. The number of amides is 2. The van der Waals surface area contributed by atoms with Gasteiger partial charge in [0.15, 0.2) is 5.82 Å². The van der Waals surface area contributed by atoms with Crippen molar-refractivity contribution in [3.63, 3.8) is 0 Å². The second-order valence-corrected chi connectivity index (χ2v) is 7.07. The van der Waals surface area contributed by atoms with E-state index in [9.17, 15) is 18.4 Å². The van der Waals surface area contributed by atoms with E-state index in [0.717, 1.165) is 4.90 Å². The van der Waals surface area contributed by atoms with E-state index in [1.807, 2.05) is 0 Å². The number of nitrogens with zero attached hydrogens (tertiary/aromatic N) is 3. The molecule has 2 aromatic rings. The molecule has 0 saturated carbocycles. The Hall–Kier alpha value is -3.21. The lowest BCUT2D eigenvalue weighted by Crippen LogP contribution is -2.46. The van der Waals surface area contributed by atoms with E-state index in [1.165, 1.54) is 0 Å². The number of hydrogen-bond donors (Lipinski definition) is 2. The monoisotopic (exact) mass is 421 g/mol. The van der Waals surface area contributed by atoms with Crippen LogP contribution in [-0.2, 0) is 20.9 Å². The van der Waals surface area contributed by atoms with E-state index in [-0.39, 0.29) is 25.6 Å². The van der Waals surface area contributed by atoms with Gasteiger partial charge in [-0.2, -0.15) is 0 Å². The van der Waals surface area contributed by atoms with Gasteiger partial charge in [0.1, 0.15) is 18.2 Å². The van der Waals surface area contributed by atoms with Crippen LogP contribution in [0.15, 0.2) is 24.4 Å². The highest BCUT2D eigenvalue weighted by atomic mass is 19.3. The molecule has 1 aromatic heterocycles. The maximum Gasteiger partial charge on any atom is 0.256 e. The first-order valence-corrected chi connectivity index (χ1v) is 9.46. The fourth-order valence-electron chi connectivity index (χ4n) is 3.33. The van der Waals surface area contributed by atoms with Gasteiger partial charge in [-0.25, -0.2) is 13.8 Å². The normalized spacial score (nSPS) is 15.4. The van der Waals surface area contributed by atoms with E-state index < -0.39 is 30.7 Å². The van der Waals surface area contributed by atoms with E-state index >= 15 is 0 Å². The van der Waals surface area contributed by atoms with Crippen molar-refractivity contribution >= 4 is 23.3 Å². The lowest BCUT2D eigenvalue weighted by Gasteiger charge is -2.30. The number of rotatable bonds is 7. The number of benzene rings is 1. The summed E-state index contributed by atoms with van der Waals surface area (Å²) in [5.74, 6) is -0.134. The predicted octanol–water partition coefficient (Wildman–Crippen LogP) is 1.08. The molecular weight excluding hydrogens is 400 g/mol. The third kappa shape index (κ3) is 4.06. The van der Waals surface area contributed by atoms with Crippen molar-refractivity contribution < 1.29 is 27.8 Å². The molecule has 2 aliphatic rings. The van der Waals surface area contributed by atoms with Crippen molar-refractivity contribution in [1.82, 2.24) is 9.55 Å². The van der Waals surface area contributed by atoms with Gasteiger partial charge in [-0.15, -0.1) is 0 Å². The lowest BCUT2D eigenvalue weighted by molar-refractivity contribution is -0.136. The van der Waals surface area contributed by atoms with E-state index in [1.54, 1.807) is 29.0 Å². The summed E-state index contributed by atoms with van der Waals surface area (Å²) in [5.41, 5.74) is 6.45. The van der Waals surface area contributed by atoms with Gasteiger partial charge in [0, 0.05) is 18.0 Å².